The van der Waals surface area contributed by atoms with Crippen molar-refractivity contribution in [2.24, 2.45) is 0 Å². The van der Waals surface area contributed by atoms with Crippen LogP contribution in [0, 0.1) is 0 Å². The monoisotopic (exact) mass is 1600 g/mol. The maximum absolute atomic E-state index is 5.70. The average Bonchev–Trinajstić information content (AvgIpc) is 1.52. The van der Waals surface area contributed by atoms with Gasteiger partial charge in [0, 0.05) is 132 Å². The Kier molecular flexibility index (Phi) is 15.9. The van der Waals surface area contributed by atoms with Gasteiger partial charge in [0.15, 0.2) is 11.6 Å². The largest absolute Gasteiger partial charge is 0.307 e. The van der Waals surface area contributed by atoms with Crippen LogP contribution in [0.3, 0.4) is 0 Å². The standard InChI is InChI=1S/C116H72N10/c1-8-31-73(32-9-1)98-71-99(74-33-10-2-11-34-74)118-115(117-98)77-57-61-85(62-58-77)124-104-53-28-24-49-88(104)92-67-68-95-106-96(70-97-89-50-25-29-54-105(89)122(81-41-16-5-17-42-81)113(97)114(106)126(112(95)109(92)124)83-45-20-7-21-46-83)78-37-30-38-79(69-78)116-119-100(75-35-12-3-13-36-75)72-101(120-116)76-55-59-84(60-56-76)123-103-52-27-23-48-87(103)91-64-66-94-93-65-63-90-86-47-22-26-51-102(86)121(80-39-14-4-15-40-80)107(90)110(93)125(111(94)108(91)123)82-43-18-6-19-44-82/h1-72H. The molecule has 0 fully saturated rings. The molecular formula is C116H72N10. The minimum atomic E-state index is 0.616. The Balaban J connectivity index is 0.674. The van der Waals surface area contributed by atoms with Gasteiger partial charge in [0.2, 0.25) is 0 Å². The Hall–Kier alpha value is -17.1. The molecule has 26 rings (SSSR count). The topological polar surface area (TPSA) is 81.1 Å². The third kappa shape index (κ3) is 10.9. The molecule has 10 nitrogen and oxygen atoms in total. The molecule has 586 valence electrons. The first-order chi connectivity index (χ1) is 62.5. The fourth-order valence-corrected chi connectivity index (χ4v) is 20.3. The second-order valence-electron chi connectivity index (χ2n) is 32.7. The van der Waals surface area contributed by atoms with Gasteiger partial charge in [0.1, 0.15) is 0 Å². The van der Waals surface area contributed by atoms with Gasteiger partial charge in [-0.2, -0.15) is 0 Å². The highest BCUT2D eigenvalue weighted by Gasteiger charge is 2.31. The molecule has 0 saturated heterocycles. The molecule has 0 atom stereocenters. The summed E-state index contributed by atoms with van der Waals surface area (Å²) in [6, 6.07) is 158. The third-order valence-electron chi connectivity index (χ3n) is 25.8. The van der Waals surface area contributed by atoms with Gasteiger partial charge in [-0.25, -0.2) is 19.9 Å². The van der Waals surface area contributed by atoms with E-state index in [1.54, 1.807) is 0 Å². The zero-order valence-corrected chi connectivity index (χ0v) is 68.0. The van der Waals surface area contributed by atoms with Crippen LogP contribution in [-0.2, 0) is 0 Å². The SMILES string of the molecule is c1ccc(-c2cc(-c3ccccc3)nc(-c3ccc(-n4c5ccccc5c5ccc6c7c(-c8cccc(-c9nc(-c%10ccccc%10)cc(-c%10ccc(-n%11c%12ccccc%12c%12ccc%13c%14ccc%15c%16ccccc%16n(-c%16ccccc%16)c%15c%14n(-c%14ccccc%14)c%13c%12%11)cc%10)n9)c8)cc8c9ccccc9n(-c9ccccc9)c8c7n(-c7ccccc7)c6c54)cc3)n2)cc1. The summed E-state index contributed by atoms with van der Waals surface area (Å²) in [4.78, 5) is 21.9. The lowest BCUT2D eigenvalue weighted by Crippen LogP contribution is -2.01. The Morgan fingerprint density at radius 1 is 0.143 bits per heavy atom. The lowest BCUT2D eigenvalue weighted by molar-refractivity contribution is 1.13. The van der Waals surface area contributed by atoms with Crippen LogP contribution in [0.4, 0.5) is 0 Å². The molecule has 0 bridgehead atoms. The van der Waals surface area contributed by atoms with Crippen molar-refractivity contribution in [3.8, 4) is 113 Å². The lowest BCUT2D eigenvalue weighted by Gasteiger charge is -2.15. The molecule has 0 spiro atoms. The van der Waals surface area contributed by atoms with Gasteiger partial charge < -0.3 is 27.4 Å². The van der Waals surface area contributed by atoms with Crippen LogP contribution in [0.2, 0.25) is 0 Å². The molecule has 0 unspecified atom stereocenters. The molecule has 0 aliphatic rings. The average molecular weight is 1610 g/mol. The Bertz CT molecular complexity index is 8840. The molecule has 0 N–H and O–H groups in total. The fourth-order valence-electron chi connectivity index (χ4n) is 20.3. The van der Waals surface area contributed by atoms with Crippen molar-refractivity contribution in [2.75, 3.05) is 0 Å². The van der Waals surface area contributed by atoms with Crippen molar-refractivity contribution in [3.63, 3.8) is 0 Å². The zero-order valence-electron chi connectivity index (χ0n) is 68.0. The van der Waals surface area contributed by atoms with E-state index in [0.29, 0.717) is 11.6 Å². The van der Waals surface area contributed by atoms with E-state index in [1.165, 1.54) is 43.4 Å². The number of para-hydroxylation sites is 8. The van der Waals surface area contributed by atoms with Crippen molar-refractivity contribution in [1.82, 2.24) is 47.3 Å². The van der Waals surface area contributed by atoms with Crippen LogP contribution >= 0.6 is 0 Å². The first kappa shape index (κ1) is 70.7. The van der Waals surface area contributed by atoms with Gasteiger partial charge in [-0.3, -0.25) is 0 Å². The molecule has 0 aliphatic carbocycles. The summed E-state index contributed by atoms with van der Waals surface area (Å²) in [6.07, 6.45) is 0. The number of aromatic nitrogens is 10. The number of nitrogens with zero attached hydrogens (tertiary/aromatic N) is 10. The van der Waals surface area contributed by atoms with Gasteiger partial charge in [-0.1, -0.05) is 303 Å². The van der Waals surface area contributed by atoms with Crippen molar-refractivity contribution >= 4 is 131 Å². The first-order valence-corrected chi connectivity index (χ1v) is 42.9. The van der Waals surface area contributed by atoms with Crippen molar-refractivity contribution in [2.45, 2.75) is 0 Å². The Labute approximate surface area is 723 Å². The number of fused-ring (bicyclic) bond motifs is 22. The van der Waals surface area contributed by atoms with Crippen LogP contribution < -0.4 is 0 Å². The van der Waals surface area contributed by atoms with Gasteiger partial charge in [-0.05, 0) is 145 Å². The molecule has 10 heteroatoms. The second-order valence-corrected chi connectivity index (χ2v) is 32.7. The first-order valence-electron chi connectivity index (χ1n) is 42.9. The number of rotatable bonds is 13. The number of hydrogen-bond donors (Lipinski definition) is 0. The molecular weight excluding hydrogens is 1530 g/mol. The van der Waals surface area contributed by atoms with Crippen LogP contribution in [-0.4, -0.2) is 47.3 Å². The molecule has 26 aromatic rings. The molecule has 8 heterocycles. The summed E-state index contributed by atoms with van der Waals surface area (Å²) >= 11 is 0. The lowest BCUT2D eigenvalue weighted by atomic mass is 9.95. The van der Waals surface area contributed by atoms with Crippen LogP contribution in [0.1, 0.15) is 0 Å². The zero-order chi connectivity index (χ0) is 82.6. The highest BCUT2D eigenvalue weighted by atomic mass is 15.1. The van der Waals surface area contributed by atoms with Crippen molar-refractivity contribution in [1.29, 1.82) is 0 Å². The van der Waals surface area contributed by atoms with E-state index in [1.807, 2.05) is 12.1 Å². The molecule has 126 heavy (non-hydrogen) atoms. The van der Waals surface area contributed by atoms with Crippen LogP contribution in [0.25, 0.3) is 244 Å². The summed E-state index contributed by atoms with van der Waals surface area (Å²) in [5, 5.41) is 13.9. The van der Waals surface area contributed by atoms with Crippen LogP contribution in [0.15, 0.2) is 437 Å². The molecule has 0 amide bonds. The summed E-state index contributed by atoms with van der Waals surface area (Å²) in [5.41, 5.74) is 31.1. The maximum Gasteiger partial charge on any atom is 0.160 e. The summed E-state index contributed by atoms with van der Waals surface area (Å²) in [5.74, 6) is 1.27. The van der Waals surface area contributed by atoms with E-state index in [4.69, 9.17) is 19.9 Å². The van der Waals surface area contributed by atoms with Crippen LogP contribution in [0.5, 0.6) is 0 Å². The second kappa shape index (κ2) is 28.3. The predicted molar refractivity (Wildman–Crippen MR) is 522 cm³/mol. The van der Waals surface area contributed by atoms with E-state index in [9.17, 15) is 0 Å². The van der Waals surface area contributed by atoms with E-state index in [-0.39, 0.29) is 0 Å². The predicted octanol–water partition coefficient (Wildman–Crippen LogP) is 29.5. The Morgan fingerprint density at radius 2 is 0.397 bits per heavy atom. The van der Waals surface area contributed by atoms with Crippen molar-refractivity contribution < 1.29 is 0 Å². The third-order valence-corrected chi connectivity index (χ3v) is 25.8. The van der Waals surface area contributed by atoms with E-state index < -0.39 is 0 Å². The van der Waals surface area contributed by atoms with E-state index >= 15 is 0 Å². The quantitative estimate of drug-likeness (QED) is 0.115. The highest BCUT2D eigenvalue weighted by molar-refractivity contribution is 6.33. The van der Waals surface area contributed by atoms with Crippen molar-refractivity contribution in [3.05, 3.63) is 437 Å². The summed E-state index contributed by atoms with van der Waals surface area (Å²) in [6.45, 7) is 0. The van der Waals surface area contributed by atoms with Gasteiger partial charge in [0.05, 0.1) is 89.0 Å². The molecule has 0 aliphatic heterocycles. The van der Waals surface area contributed by atoms with Gasteiger partial charge in [0.25, 0.3) is 0 Å². The minimum Gasteiger partial charge on any atom is -0.307 e. The Morgan fingerprint density at radius 3 is 0.786 bits per heavy atom. The van der Waals surface area contributed by atoms with E-state index in [2.05, 4.69) is 452 Å². The molecule has 18 aromatic carbocycles. The smallest absolute Gasteiger partial charge is 0.160 e. The summed E-state index contributed by atoms with van der Waals surface area (Å²) in [7, 11) is 0. The number of hydrogen-bond acceptors (Lipinski definition) is 4. The highest BCUT2D eigenvalue weighted by Crippen LogP contribution is 2.52. The normalized spacial score (nSPS) is 12.0. The molecule has 0 radical (unpaired) electrons. The molecule has 8 aromatic heterocycles. The van der Waals surface area contributed by atoms with Gasteiger partial charge in [-0.15, -0.1) is 0 Å². The number of benzene rings is 18. The maximum atomic E-state index is 5.70. The molecule has 0 saturated carbocycles. The summed E-state index contributed by atoms with van der Waals surface area (Å²) < 4.78 is 15.0. The van der Waals surface area contributed by atoms with Gasteiger partial charge >= 0.3 is 0 Å². The fraction of sp³-hybridized carbons (Fsp3) is 0. The van der Waals surface area contributed by atoms with E-state index in [0.717, 1.165) is 189 Å². The minimum absolute atomic E-state index is 0.616.